The molecule has 0 aliphatic rings. The van der Waals surface area contributed by atoms with Crippen LogP contribution in [0.15, 0.2) is 0 Å². The van der Waals surface area contributed by atoms with Crippen molar-refractivity contribution >= 4 is 5.97 Å². The van der Waals surface area contributed by atoms with Crippen LogP contribution in [0.4, 0.5) is 13.2 Å². The number of carboxylic acid groups (broad SMARTS) is 1. The van der Waals surface area contributed by atoms with Gasteiger partial charge in [-0.25, -0.2) is 4.79 Å². The second-order valence-corrected chi connectivity index (χ2v) is 1.73. The van der Waals surface area contributed by atoms with Gasteiger partial charge in [0.1, 0.15) is 0 Å². The Balaban J connectivity index is 0. The van der Waals surface area contributed by atoms with Crippen LogP contribution in [0.1, 0.15) is 6.42 Å². The largest absolute Gasteiger partial charge is 0.490 e. The van der Waals surface area contributed by atoms with Crippen LogP contribution in [0.3, 0.4) is 0 Å². The molecule has 7 heteroatoms. The van der Waals surface area contributed by atoms with Gasteiger partial charge in [-0.1, -0.05) is 0 Å². The van der Waals surface area contributed by atoms with E-state index >= 15 is 0 Å². The van der Waals surface area contributed by atoms with Gasteiger partial charge in [0.2, 0.25) is 0 Å². The molecule has 0 heterocycles. The van der Waals surface area contributed by atoms with Crippen LogP contribution in [-0.2, 0) is 4.79 Å². The summed E-state index contributed by atoms with van der Waals surface area (Å²) in [4.78, 5) is 8.90. The van der Waals surface area contributed by atoms with Crippen molar-refractivity contribution in [1.29, 1.82) is 0 Å². The zero-order valence-corrected chi connectivity index (χ0v) is 6.27. The van der Waals surface area contributed by atoms with Crippen LogP contribution in [0.25, 0.3) is 0 Å². The Labute approximate surface area is 67.3 Å². The van der Waals surface area contributed by atoms with E-state index in [-0.39, 0.29) is 0 Å². The molecule has 0 radical (unpaired) electrons. The average molecular weight is 188 g/mol. The highest BCUT2D eigenvalue weighted by Crippen LogP contribution is 2.13. The van der Waals surface area contributed by atoms with Crippen molar-refractivity contribution in [1.82, 2.24) is 0 Å². The second-order valence-electron chi connectivity index (χ2n) is 1.73. The predicted octanol–water partition coefficient (Wildman–Crippen LogP) is -0.0728. The van der Waals surface area contributed by atoms with Crippen LogP contribution < -0.4 is 11.5 Å². The van der Waals surface area contributed by atoms with Crippen molar-refractivity contribution in [2.75, 3.05) is 13.1 Å². The molecule has 5 N–H and O–H groups in total. The Hall–Kier alpha value is -0.820. The average Bonchev–Trinajstić information content (AvgIpc) is 1.88. The van der Waals surface area contributed by atoms with Gasteiger partial charge in [-0.3, -0.25) is 0 Å². The van der Waals surface area contributed by atoms with Crippen LogP contribution in [-0.4, -0.2) is 30.3 Å². The van der Waals surface area contributed by atoms with Gasteiger partial charge >= 0.3 is 12.1 Å². The molecule has 0 aliphatic heterocycles. The number of alkyl halides is 3. The molecule has 12 heavy (non-hydrogen) atoms. The highest BCUT2D eigenvalue weighted by atomic mass is 19.4. The third-order valence-corrected chi connectivity index (χ3v) is 0.651. The van der Waals surface area contributed by atoms with E-state index in [2.05, 4.69) is 0 Å². The summed E-state index contributed by atoms with van der Waals surface area (Å²) in [6.07, 6.45) is -4.14. The first-order valence-corrected chi connectivity index (χ1v) is 3.06. The molecule has 0 atom stereocenters. The second kappa shape index (κ2) is 6.86. The summed E-state index contributed by atoms with van der Waals surface area (Å²) in [7, 11) is 0. The lowest BCUT2D eigenvalue weighted by atomic mass is 10.4. The third-order valence-electron chi connectivity index (χ3n) is 0.651. The molecule has 74 valence electrons. The van der Waals surface area contributed by atoms with Crippen LogP contribution in [0.5, 0.6) is 0 Å². The van der Waals surface area contributed by atoms with Gasteiger partial charge in [0.25, 0.3) is 0 Å². The molecule has 0 fully saturated rings. The minimum Gasteiger partial charge on any atom is -0.475 e. The Morgan fingerprint density at radius 2 is 1.50 bits per heavy atom. The maximum atomic E-state index is 10.6. The van der Waals surface area contributed by atoms with E-state index in [0.717, 1.165) is 19.5 Å². The molecular formula is C5H11F3N2O2. The quantitative estimate of drug-likeness (QED) is 0.565. The predicted molar refractivity (Wildman–Crippen MR) is 36.4 cm³/mol. The Bertz CT molecular complexity index is 124. The molecule has 0 aliphatic carbocycles. The van der Waals surface area contributed by atoms with E-state index in [9.17, 15) is 13.2 Å². The van der Waals surface area contributed by atoms with E-state index in [1.807, 2.05) is 0 Å². The highest BCUT2D eigenvalue weighted by Gasteiger charge is 2.38. The van der Waals surface area contributed by atoms with Crippen molar-refractivity contribution in [3.8, 4) is 0 Å². The lowest BCUT2D eigenvalue weighted by Gasteiger charge is -1.93. The first kappa shape index (κ1) is 13.7. The topological polar surface area (TPSA) is 89.3 Å². The maximum Gasteiger partial charge on any atom is 0.490 e. The fourth-order valence-electron chi connectivity index (χ4n) is 0.118. The molecule has 0 aromatic rings. The van der Waals surface area contributed by atoms with Crippen molar-refractivity contribution in [2.45, 2.75) is 12.6 Å². The monoisotopic (exact) mass is 188 g/mol. The van der Waals surface area contributed by atoms with Crippen LogP contribution >= 0.6 is 0 Å². The van der Waals surface area contributed by atoms with Crippen LogP contribution in [0.2, 0.25) is 0 Å². The van der Waals surface area contributed by atoms with E-state index in [1.165, 1.54) is 0 Å². The lowest BCUT2D eigenvalue weighted by molar-refractivity contribution is -0.192. The zero-order chi connectivity index (χ0) is 10.2. The summed E-state index contributed by atoms with van der Waals surface area (Å²) in [6.45, 7) is 1.44. The first-order valence-electron chi connectivity index (χ1n) is 3.06. The van der Waals surface area contributed by atoms with Gasteiger partial charge < -0.3 is 16.6 Å². The normalized spacial score (nSPS) is 10.1. The van der Waals surface area contributed by atoms with Gasteiger partial charge in [-0.15, -0.1) is 0 Å². The van der Waals surface area contributed by atoms with Crippen LogP contribution in [0, 0.1) is 0 Å². The van der Waals surface area contributed by atoms with Crippen molar-refractivity contribution in [3.63, 3.8) is 0 Å². The van der Waals surface area contributed by atoms with E-state index in [4.69, 9.17) is 21.4 Å². The van der Waals surface area contributed by atoms with E-state index in [0.29, 0.717) is 0 Å². The summed E-state index contributed by atoms with van der Waals surface area (Å²) in [5.74, 6) is -2.76. The summed E-state index contributed by atoms with van der Waals surface area (Å²) in [5, 5.41) is 7.12. The summed E-state index contributed by atoms with van der Waals surface area (Å²) in [5.41, 5.74) is 10.1. The van der Waals surface area contributed by atoms with Gasteiger partial charge in [-0.2, -0.15) is 13.2 Å². The number of carboxylic acids is 1. The molecule has 0 bridgehead atoms. The van der Waals surface area contributed by atoms with Gasteiger partial charge in [-0.05, 0) is 19.5 Å². The third kappa shape index (κ3) is 11.9. The molecule has 0 saturated carbocycles. The summed E-state index contributed by atoms with van der Waals surface area (Å²) < 4.78 is 31.7. The maximum absolute atomic E-state index is 10.6. The number of nitrogens with two attached hydrogens (primary N) is 2. The minimum absolute atomic E-state index is 0.719. The van der Waals surface area contributed by atoms with E-state index < -0.39 is 12.1 Å². The fourth-order valence-corrected chi connectivity index (χ4v) is 0.118. The van der Waals surface area contributed by atoms with Gasteiger partial charge in [0.05, 0.1) is 0 Å². The smallest absolute Gasteiger partial charge is 0.475 e. The molecule has 0 saturated heterocycles. The highest BCUT2D eigenvalue weighted by molar-refractivity contribution is 5.73. The van der Waals surface area contributed by atoms with Crippen molar-refractivity contribution in [3.05, 3.63) is 0 Å². The van der Waals surface area contributed by atoms with Crippen molar-refractivity contribution in [2.24, 2.45) is 11.5 Å². The number of carbonyl (C=O) groups is 1. The van der Waals surface area contributed by atoms with Gasteiger partial charge in [0, 0.05) is 0 Å². The number of rotatable bonds is 2. The fraction of sp³-hybridized carbons (Fsp3) is 0.800. The number of aliphatic carboxylic acids is 1. The molecule has 0 aromatic carbocycles. The molecular weight excluding hydrogens is 177 g/mol. The molecule has 0 aromatic heterocycles. The number of halogens is 3. The summed E-state index contributed by atoms with van der Waals surface area (Å²) >= 11 is 0. The molecule has 0 unspecified atom stereocenters. The molecule has 0 amide bonds. The minimum atomic E-state index is -5.08. The summed E-state index contributed by atoms with van der Waals surface area (Å²) in [6, 6.07) is 0. The first-order chi connectivity index (χ1) is 5.36. The van der Waals surface area contributed by atoms with Crippen molar-refractivity contribution < 1.29 is 23.1 Å². The standard InChI is InChI=1S/C3H10N2.C2HF3O2/c4-2-1-3-5;3-2(4,5)1(6)7/h1-5H2;(H,6,7). The zero-order valence-electron chi connectivity index (χ0n) is 6.27. The number of hydrogen-bond donors (Lipinski definition) is 3. The SMILES string of the molecule is NCCCN.O=C(O)C(F)(F)F. The Morgan fingerprint density at radius 3 is 1.50 bits per heavy atom. The Kier molecular flexibility index (Phi) is 7.86. The number of hydrogen-bond acceptors (Lipinski definition) is 3. The van der Waals surface area contributed by atoms with E-state index in [1.54, 1.807) is 0 Å². The molecule has 4 nitrogen and oxygen atoms in total. The molecule has 0 rings (SSSR count). The van der Waals surface area contributed by atoms with Gasteiger partial charge in [0.15, 0.2) is 0 Å². The lowest BCUT2D eigenvalue weighted by Crippen LogP contribution is -2.21. The molecule has 0 spiro atoms. The Morgan fingerprint density at radius 1 is 1.25 bits per heavy atom.